The number of benzene rings is 1. The fraction of sp³-hybridized carbons (Fsp3) is 0.348. The molecule has 1 aromatic carbocycles. The van der Waals surface area contributed by atoms with Crippen LogP contribution in [0, 0.1) is 13.8 Å². The van der Waals surface area contributed by atoms with Crippen molar-refractivity contribution in [2.75, 3.05) is 13.3 Å². The molecule has 31 heavy (non-hydrogen) atoms. The van der Waals surface area contributed by atoms with Gasteiger partial charge in [0.2, 0.25) is 6.79 Å². The molecule has 8 nitrogen and oxygen atoms in total. The van der Waals surface area contributed by atoms with Crippen LogP contribution in [-0.2, 0) is 17.8 Å². The molecule has 3 amide bonds. The fourth-order valence-corrected chi connectivity index (χ4v) is 4.19. The van der Waals surface area contributed by atoms with Gasteiger partial charge in [0, 0.05) is 29.9 Å². The summed E-state index contributed by atoms with van der Waals surface area (Å²) in [5, 5.41) is 2.75. The fourth-order valence-electron chi connectivity index (χ4n) is 4.19. The Labute approximate surface area is 180 Å². The molecule has 1 atom stereocenters. The van der Waals surface area contributed by atoms with Crippen LogP contribution in [0.5, 0.6) is 11.5 Å². The van der Waals surface area contributed by atoms with Crippen LogP contribution in [0.1, 0.15) is 34.2 Å². The molecule has 162 valence electrons. The van der Waals surface area contributed by atoms with Gasteiger partial charge in [-0.3, -0.25) is 14.5 Å². The molecule has 0 unspecified atom stereocenters. The molecule has 2 aromatic rings. The minimum atomic E-state index is -1.15. The molecule has 1 N–H and O–H groups in total. The van der Waals surface area contributed by atoms with Gasteiger partial charge < -0.3 is 19.4 Å². The van der Waals surface area contributed by atoms with Crippen molar-refractivity contribution in [3.63, 3.8) is 0 Å². The number of hydrogen-bond acceptors (Lipinski definition) is 5. The van der Waals surface area contributed by atoms with Crippen molar-refractivity contribution in [2.45, 2.75) is 39.3 Å². The van der Waals surface area contributed by atoms with Crippen molar-refractivity contribution in [3.05, 3.63) is 59.4 Å². The lowest BCUT2D eigenvalue weighted by atomic mass is 9.92. The first-order valence-electron chi connectivity index (χ1n) is 10.1. The number of Topliss-reactive ketones (excluding diaryl/α,β-unsaturated/α-hetero) is 1. The normalized spacial score (nSPS) is 19.6. The second-order valence-corrected chi connectivity index (χ2v) is 8.13. The molecule has 1 fully saturated rings. The molecule has 4 rings (SSSR count). The number of ether oxygens (including phenoxy) is 2. The minimum absolute atomic E-state index is 0.162. The molecule has 2 aliphatic heterocycles. The van der Waals surface area contributed by atoms with Gasteiger partial charge in [0.15, 0.2) is 17.3 Å². The van der Waals surface area contributed by atoms with Crippen LogP contribution in [0.25, 0.3) is 0 Å². The predicted octanol–water partition coefficient (Wildman–Crippen LogP) is 2.76. The summed E-state index contributed by atoms with van der Waals surface area (Å²) < 4.78 is 12.7. The highest BCUT2D eigenvalue weighted by atomic mass is 16.7. The predicted molar refractivity (Wildman–Crippen MR) is 113 cm³/mol. The smallest absolute Gasteiger partial charge is 0.325 e. The Bertz CT molecular complexity index is 1100. The van der Waals surface area contributed by atoms with Gasteiger partial charge in [-0.15, -0.1) is 6.58 Å². The van der Waals surface area contributed by atoms with E-state index in [1.807, 2.05) is 24.5 Å². The van der Waals surface area contributed by atoms with Crippen LogP contribution >= 0.6 is 0 Å². The number of nitrogens with one attached hydrogen (secondary N) is 1. The molecule has 0 bridgehead atoms. The van der Waals surface area contributed by atoms with E-state index in [9.17, 15) is 14.4 Å². The van der Waals surface area contributed by atoms with Gasteiger partial charge in [-0.1, -0.05) is 12.1 Å². The van der Waals surface area contributed by atoms with Crippen molar-refractivity contribution in [3.8, 4) is 11.5 Å². The summed E-state index contributed by atoms with van der Waals surface area (Å²) in [5.41, 5.74) is 1.89. The van der Waals surface area contributed by atoms with Crippen molar-refractivity contribution >= 4 is 17.7 Å². The topological polar surface area (TPSA) is 89.9 Å². The highest BCUT2D eigenvalue weighted by Gasteiger charge is 2.48. The number of aromatic nitrogens is 1. The third-order valence-corrected chi connectivity index (χ3v) is 5.83. The number of ketones is 1. The molecule has 0 saturated carbocycles. The first kappa shape index (κ1) is 20.7. The van der Waals surface area contributed by atoms with E-state index >= 15 is 0 Å². The summed E-state index contributed by atoms with van der Waals surface area (Å²) in [6, 6.07) is 6.63. The Morgan fingerprint density at radius 2 is 1.97 bits per heavy atom. The zero-order valence-corrected chi connectivity index (χ0v) is 17.9. The Morgan fingerprint density at radius 1 is 1.23 bits per heavy atom. The maximum absolute atomic E-state index is 13.1. The summed E-state index contributed by atoms with van der Waals surface area (Å²) in [7, 11) is 0. The van der Waals surface area contributed by atoms with E-state index in [2.05, 4.69) is 11.9 Å². The first-order chi connectivity index (χ1) is 14.7. The van der Waals surface area contributed by atoms with Gasteiger partial charge in [0.05, 0.1) is 6.54 Å². The third kappa shape index (κ3) is 3.58. The van der Waals surface area contributed by atoms with Crippen LogP contribution in [0.2, 0.25) is 0 Å². The quantitative estimate of drug-likeness (QED) is 0.420. The number of carbonyl (C=O) groups is 3. The number of urea groups is 1. The average molecular weight is 423 g/mol. The van der Waals surface area contributed by atoms with Gasteiger partial charge >= 0.3 is 6.03 Å². The number of carbonyl (C=O) groups excluding carboxylic acids is 3. The largest absolute Gasteiger partial charge is 0.454 e. The van der Waals surface area contributed by atoms with E-state index < -0.39 is 17.5 Å². The second-order valence-electron chi connectivity index (χ2n) is 8.13. The number of amides is 3. The summed E-state index contributed by atoms with van der Waals surface area (Å²) in [5.74, 6) is 0.555. The summed E-state index contributed by atoms with van der Waals surface area (Å²) in [6.07, 6.45) is 2.03. The van der Waals surface area contributed by atoms with Gasteiger partial charge in [0.1, 0.15) is 5.54 Å². The minimum Gasteiger partial charge on any atom is -0.454 e. The standard InChI is InChI=1S/C23H25N3O5/c1-5-8-25-14(2)9-17(15(25)3)18(27)12-26-21(28)23(4,24-22(26)29)11-16-6-7-19-20(10-16)31-13-30-19/h5-7,9-10H,1,8,11-13H2,2-4H3,(H,24,29)/t23-/m0/s1. The summed E-state index contributed by atoms with van der Waals surface area (Å²) in [4.78, 5) is 39.6. The molecule has 1 aromatic heterocycles. The summed E-state index contributed by atoms with van der Waals surface area (Å²) >= 11 is 0. The Kier molecular flexibility index (Phi) is 5.08. The Hall–Kier alpha value is -3.55. The van der Waals surface area contributed by atoms with E-state index in [1.165, 1.54) is 0 Å². The second kappa shape index (κ2) is 7.61. The average Bonchev–Trinajstić information content (AvgIpc) is 3.35. The summed E-state index contributed by atoms with van der Waals surface area (Å²) in [6.45, 7) is 9.60. The molecule has 3 heterocycles. The number of aryl methyl sites for hydroxylation is 1. The van der Waals surface area contributed by atoms with E-state index in [-0.39, 0.29) is 25.5 Å². The first-order valence-corrected chi connectivity index (χ1v) is 10.1. The number of hydrogen-bond donors (Lipinski definition) is 1. The third-order valence-electron chi connectivity index (χ3n) is 5.83. The zero-order chi connectivity index (χ0) is 22.3. The SMILES string of the molecule is C=CCn1c(C)cc(C(=O)CN2C(=O)N[C@@](C)(Cc3ccc4c(c3)OCO4)C2=O)c1C. The maximum Gasteiger partial charge on any atom is 0.325 e. The van der Waals surface area contributed by atoms with Crippen molar-refractivity contribution in [2.24, 2.45) is 0 Å². The molecule has 0 spiro atoms. The van der Waals surface area contributed by atoms with Crippen LogP contribution in [0.15, 0.2) is 36.9 Å². The number of imide groups is 1. The number of rotatable bonds is 7. The van der Waals surface area contributed by atoms with E-state index in [0.29, 0.717) is 23.6 Å². The maximum atomic E-state index is 13.1. The molecule has 8 heteroatoms. The molecule has 2 aliphatic rings. The van der Waals surface area contributed by atoms with Crippen molar-refractivity contribution < 1.29 is 23.9 Å². The van der Waals surface area contributed by atoms with Crippen LogP contribution in [0.3, 0.4) is 0 Å². The molecule has 0 aliphatic carbocycles. The monoisotopic (exact) mass is 423 g/mol. The molecular formula is C23H25N3O5. The van der Waals surface area contributed by atoms with Crippen LogP contribution < -0.4 is 14.8 Å². The van der Waals surface area contributed by atoms with Gasteiger partial charge in [0.25, 0.3) is 5.91 Å². The van der Waals surface area contributed by atoms with Gasteiger partial charge in [-0.25, -0.2) is 4.79 Å². The van der Waals surface area contributed by atoms with Gasteiger partial charge in [-0.05, 0) is 44.5 Å². The lowest BCUT2D eigenvalue weighted by Crippen LogP contribution is -2.46. The number of nitrogens with zero attached hydrogens (tertiary/aromatic N) is 2. The lowest BCUT2D eigenvalue weighted by Gasteiger charge is -2.21. The molecular weight excluding hydrogens is 398 g/mol. The number of fused-ring (bicyclic) bond motifs is 1. The van der Waals surface area contributed by atoms with Crippen molar-refractivity contribution in [1.29, 1.82) is 0 Å². The van der Waals surface area contributed by atoms with E-state index in [1.54, 1.807) is 31.2 Å². The highest BCUT2D eigenvalue weighted by Crippen LogP contribution is 2.34. The molecule has 1 saturated heterocycles. The van der Waals surface area contributed by atoms with Gasteiger partial charge in [-0.2, -0.15) is 0 Å². The van der Waals surface area contributed by atoms with E-state index in [0.717, 1.165) is 21.9 Å². The zero-order valence-electron chi connectivity index (χ0n) is 17.9. The van der Waals surface area contributed by atoms with Crippen LogP contribution in [0.4, 0.5) is 4.79 Å². The molecule has 0 radical (unpaired) electrons. The van der Waals surface area contributed by atoms with Crippen molar-refractivity contribution in [1.82, 2.24) is 14.8 Å². The number of allylic oxidation sites excluding steroid dienone is 1. The lowest BCUT2D eigenvalue weighted by molar-refractivity contribution is -0.130. The highest BCUT2D eigenvalue weighted by molar-refractivity contribution is 6.11. The Morgan fingerprint density at radius 3 is 2.71 bits per heavy atom. The van der Waals surface area contributed by atoms with Crippen LogP contribution in [-0.4, -0.2) is 46.1 Å². The van der Waals surface area contributed by atoms with E-state index in [4.69, 9.17) is 9.47 Å². The Balaban J connectivity index is 1.51.